The summed E-state index contributed by atoms with van der Waals surface area (Å²) in [6.45, 7) is 1.18. The summed E-state index contributed by atoms with van der Waals surface area (Å²) in [6.07, 6.45) is 0.773. The topological polar surface area (TPSA) is 55.8 Å². The first-order valence-electron chi connectivity index (χ1n) is 8.19. The number of hydrogen-bond donors (Lipinski definition) is 0. The van der Waals surface area contributed by atoms with Crippen molar-refractivity contribution in [2.24, 2.45) is 0 Å². The lowest BCUT2D eigenvalue weighted by atomic mass is 10.1. The van der Waals surface area contributed by atoms with Crippen molar-refractivity contribution in [2.75, 3.05) is 18.1 Å². The van der Waals surface area contributed by atoms with Crippen LogP contribution in [0.25, 0.3) is 0 Å². The van der Waals surface area contributed by atoms with Gasteiger partial charge in [0.1, 0.15) is 5.75 Å². The van der Waals surface area contributed by atoms with Crippen LogP contribution < -0.4 is 9.64 Å². The van der Waals surface area contributed by atoms with Crippen molar-refractivity contribution < 1.29 is 19.1 Å². The van der Waals surface area contributed by atoms with E-state index in [9.17, 15) is 9.59 Å². The van der Waals surface area contributed by atoms with Crippen LogP contribution in [0.5, 0.6) is 5.75 Å². The van der Waals surface area contributed by atoms with E-state index in [2.05, 4.69) is 0 Å². The Balaban J connectivity index is 1.54. The molecule has 1 aliphatic rings. The van der Waals surface area contributed by atoms with Crippen molar-refractivity contribution in [1.82, 2.24) is 0 Å². The second-order valence-corrected chi connectivity index (χ2v) is 7.31. The third kappa shape index (κ3) is 4.49. The summed E-state index contributed by atoms with van der Waals surface area (Å²) in [7, 11) is 0. The fourth-order valence-corrected chi connectivity index (χ4v) is 3.54. The highest BCUT2D eigenvalue weighted by molar-refractivity contribution is 6.43. The van der Waals surface area contributed by atoms with Crippen molar-refractivity contribution in [3.63, 3.8) is 0 Å². The van der Waals surface area contributed by atoms with Gasteiger partial charge in [0.2, 0.25) is 0 Å². The van der Waals surface area contributed by atoms with Crippen LogP contribution in [-0.4, -0.2) is 31.1 Å². The molecular weight excluding hydrogens is 413 g/mol. The number of ether oxygens (including phenoxy) is 2. The van der Waals surface area contributed by atoms with Gasteiger partial charge >= 0.3 is 5.97 Å². The van der Waals surface area contributed by atoms with Gasteiger partial charge in [0, 0.05) is 17.8 Å². The number of anilines is 1. The third-order valence-corrected chi connectivity index (χ3v) is 5.17. The summed E-state index contributed by atoms with van der Waals surface area (Å²) >= 11 is 17.7. The highest BCUT2D eigenvalue weighted by Gasteiger charge is 2.30. The minimum atomic E-state index is -0.689. The minimum absolute atomic E-state index is 0.0138. The molecule has 0 saturated heterocycles. The predicted octanol–water partition coefficient (Wildman–Crippen LogP) is 4.55. The zero-order valence-corrected chi connectivity index (χ0v) is 16.6. The van der Waals surface area contributed by atoms with E-state index in [0.29, 0.717) is 0 Å². The molecule has 0 spiro atoms. The van der Waals surface area contributed by atoms with Crippen LogP contribution in [0.4, 0.5) is 5.69 Å². The summed E-state index contributed by atoms with van der Waals surface area (Å²) in [5, 5.41) is 0.749. The minimum Gasteiger partial charge on any atom is -0.480 e. The van der Waals surface area contributed by atoms with Gasteiger partial charge in [-0.1, -0.05) is 53.0 Å². The molecule has 1 aliphatic heterocycles. The van der Waals surface area contributed by atoms with Gasteiger partial charge in [-0.05, 0) is 31.0 Å². The van der Waals surface area contributed by atoms with Gasteiger partial charge in [0.15, 0.2) is 13.2 Å². The molecule has 27 heavy (non-hydrogen) atoms. The molecule has 5 nitrogen and oxygen atoms in total. The third-order valence-electron chi connectivity index (χ3n) is 4.15. The summed E-state index contributed by atoms with van der Waals surface area (Å²) in [5.41, 5.74) is 1.95. The summed E-state index contributed by atoms with van der Waals surface area (Å²) in [4.78, 5) is 26.0. The van der Waals surface area contributed by atoms with E-state index in [4.69, 9.17) is 44.3 Å². The van der Waals surface area contributed by atoms with E-state index < -0.39 is 12.6 Å². The van der Waals surface area contributed by atoms with E-state index in [0.717, 1.165) is 17.7 Å². The number of carbonyl (C=O) groups excluding carboxylic acids is 2. The Morgan fingerprint density at radius 2 is 1.78 bits per heavy atom. The summed E-state index contributed by atoms with van der Waals surface area (Å²) < 4.78 is 10.3. The van der Waals surface area contributed by atoms with Crippen LogP contribution in [0.2, 0.25) is 15.1 Å². The molecular formula is C19H16Cl3NO4. The number of esters is 1. The standard InChI is InChI=1S/C19H16Cl3NO4/c1-11-6-12-4-2-3-5-16(12)23(11)18(24)9-27-19(25)10-26-17-8-14(21)13(20)7-15(17)22/h2-5,7-8,11H,6,9-10H2,1H3. The first-order chi connectivity index (χ1) is 12.9. The fraction of sp³-hybridized carbons (Fsp3) is 0.263. The van der Waals surface area contributed by atoms with Gasteiger partial charge in [0.05, 0.1) is 15.1 Å². The molecule has 8 heteroatoms. The molecule has 0 aromatic heterocycles. The maximum absolute atomic E-state index is 12.5. The van der Waals surface area contributed by atoms with Crippen LogP contribution in [0.3, 0.4) is 0 Å². The zero-order valence-electron chi connectivity index (χ0n) is 14.4. The highest BCUT2D eigenvalue weighted by atomic mass is 35.5. The first-order valence-corrected chi connectivity index (χ1v) is 9.33. The van der Waals surface area contributed by atoms with E-state index in [-0.39, 0.29) is 39.4 Å². The van der Waals surface area contributed by atoms with E-state index in [1.165, 1.54) is 12.1 Å². The molecule has 1 unspecified atom stereocenters. The summed E-state index contributed by atoms with van der Waals surface area (Å²) in [5.74, 6) is -0.768. The van der Waals surface area contributed by atoms with Gasteiger partial charge in [-0.25, -0.2) is 4.79 Å². The molecule has 0 radical (unpaired) electrons. The highest BCUT2D eigenvalue weighted by Crippen LogP contribution is 2.34. The van der Waals surface area contributed by atoms with Gasteiger partial charge in [0.25, 0.3) is 5.91 Å². The molecule has 0 bridgehead atoms. The number of benzene rings is 2. The maximum Gasteiger partial charge on any atom is 0.344 e. The Bertz CT molecular complexity index is 887. The molecule has 0 fully saturated rings. The molecule has 1 atom stereocenters. The summed E-state index contributed by atoms with van der Waals surface area (Å²) in [6, 6.07) is 10.5. The lowest BCUT2D eigenvalue weighted by Gasteiger charge is -2.22. The average molecular weight is 429 g/mol. The van der Waals surface area contributed by atoms with E-state index in [1.54, 1.807) is 4.90 Å². The Morgan fingerprint density at radius 3 is 2.56 bits per heavy atom. The molecule has 2 aromatic carbocycles. The lowest BCUT2D eigenvalue weighted by molar-refractivity contribution is -0.149. The van der Waals surface area contributed by atoms with E-state index >= 15 is 0 Å². The van der Waals surface area contributed by atoms with Gasteiger partial charge in [-0.3, -0.25) is 4.79 Å². The van der Waals surface area contributed by atoms with Gasteiger partial charge < -0.3 is 14.4 Å². The zero-order chi connectivity index (χ0) is 19.6. The normalized spacial score (nSPS) is 15.4. The van der Waals surface area contributed by atoms with Crippen LogP contribution >= 0.6 is 34.8 Å². The largest absolute Gasteiger partial charge is 0.480 e. The Labute approximate surface area is 171 Å². The number of halogens is 3. The van der Waals surface area contributed by atoms with Crippen molar-refractivity contribution in [3.05, 3.63) is 57.0 Å². The molecule has 0 saturated carbocycles. The van der Waals surface area contributed by atoms with Crippen LogP contribution in [0.15, 0.2) is 36.4 Å². The number of hydrogen-bond acceptors (Lipinski definition) is 4. The molecule has 0 N–H and O–H groups in total. The molecule has 1 amide bonds. The maximum atomic E-state index is 12.5. The van der Waals surface area contributed by atoms with Crippen molar-refractivity contribution in [3.8, 4) is 5.75 Å². The van der Waals surface area contributed by atoms with Crippen LogP contribution in [0.1, 0.15) is 12.5 Å². The smallest absolute Gasteiger partial charge is 0.344 e. The Hall–Kier alpha value is -1.95. The Kier molecular flexibility index (Phi) is 6.15. The molecule has 1 heterocycles. The SMILES string of the molecule is CC1Cc2ccccc2N1C(=O)COC(=O)COc1cc(Cl)c(Cl)cc1Cl. The molecule has 2 aromatic rings. The van der Waals surface area contributed by atoms with Gasteiger partial charge in [-0.2, -0.15) is 0 Å². The first kappa shape index (κ1) is 19.8. The number of rotatable bonds is 5. The van der Waals surface area contributed by atoms with Gasteiger partial charge in [-0.15, -0.1) is 0 Å². The Morgan fingerprint density at radius 1 is 1.07 bits per heavy atom. The number of fused-ring (bicyclic) bond motifs is 1. The van der Waals surface area contributed by atoms with E-state index in [1.807, 2.05) is 31.2 Å². The molecule has 142 valence electrons. The quantitative estimate of drug-likeness (QED) is 0.518. The second-order valence-electron chi connectivity index (χ2n) is 6.09. The second kappa shape index (κ2) is 8.38. The number of para-hydroxylation sites is 1. The van der Waals surface area contributed by atoms with Crippen molar-refractivity contribution in [2.45, 2.75) is 19.4 Å². The van der Waals surface area contributed by atoms with Crippen LogP contribution in [-0.2, 0) is 20.7 Å². The lowest BCUT2D eigenvalue weighted by Crippen LogP contribution is -2.39. The number of amides is 1. The van der Waals surface area contributed by atoms with Crippen molar-refractivity contribution in [1.29, 1.82) is 0 Å². The number of nitrogens with zero attached hydrogens (tertiary/aromatic N) is 1. The number of carbonyl (C=O) groups is 2. The average Bonchev–Trinajstić information content (AvgIpc) is 2.97. The monoisotopic (exact) mass is 427 g/mol. The van der Waals surface area contributed by atoms with Crippen molar-refractivity contribution >= 4 is 52.4 Å². The molecule has 0 aliphatic carbocycles. The molecule has 3 rings (SSSR count). The predicted molar refractivity (Wildman–Crippen MR) is 105 cm³/mol. The van der Waals surface area contributed by atoms with Crippen LogP contribution in [0, 0.1) is 0 Å². The fourth-order valence-electron chi connectivity index (χ4n) is 2.95.